The molecule has 46 heavy (non-hydrogen) atoms. The Balaban J connectivity index is 1.28. The molecule has 0 saturated carbocycles. The van der Waals surface area contributed by atoms with E-state index in [1.165, 1.54) is 27.2 Å². The average molecular weight is 587 g/mol. The fourth-order valence-electron chi connectivity index (χ4n) is 7.38. The lowest BCUT2D eigenvalue weighted by molar-refractivity contribution is 0.670. The number of nitrogens with zero attached hydrogens (tertiary/aromatic N) is 2. The van der Waals surface area contributed by atoms with E-state index < -0.39 is 0 Å². The monoisotopic (exact) mass is 586 g/mol. The van der Waals surface area contributed by atoms with Gasteiger partial charge in [-0.25, -0.2) is 4.98 Å². The third kappa shape index (κ3) is 3.57. The first kappa shape index (κ1) is 25.2. The summed E-state index contributed by atoms with van der Waals surface area (Å²) in [6.45, 7) is 0. The van der Waals surface area contributed by atoms with Crippen LogP contribution < -0.4 is 0 Å². The predicted octanol–water partition coefficient (Wildman–Crippen LogP) is 11.7. The molecule has 3 nitrogen and oxygen atoms in total. The largest absolute Gasteiger partial charge is 0.455 e. The molecule has 0 aliphatic heterocycles. The SMILES string of the molecule is c1ccc(-n2c3ccccc3c3c4c(ccc32)c(-c2cccc(-c3cccc5c3oc3ccccc35)c2)nc2ccccc24)cc1. The normalized spacial score (nSPS) is 11.9. The van der Waals surface area contributed by atoms with Crippen LogP contribution in [0.15, 0.2) is 162 Å². The van der Waals surface area contributed by atoms with E-state index in [0.717, 1.165) is 66.3 Å². The summed E-state index contributed by atoms with van der Waals surface area (Å²) in [6.07, 6.45) is 0. The highest BCUT2D eigenvalue weighted by molar-refractivity contribution is 6.29. The van der Waals surface area contributed by atoms with Crippen LogP contribution >= 0.6 is 0 Å². The molecule has 214 valence electrons. The first-order valence-electron chi connectivity index (χ1n) is 15.6. The van der Waals surface area contributed by atoms with Gasteiger partial charge in [-0.1, -0.05) is 115 Å². The number of furan rings is 1. The van der Waals surface area contributed by atoms with Crippen LogP contribution in [0.5, 0.6) is 0 Å². The van der Waals surface area contributed by atoms with Crippen molar-refractivity contribution in [2.24, 2.45) is 0 Å². The second-order valence-corrected chi connectivity index (χ2v) is 11.9. The predicted molar refractivity (Wildman–Crippen MR) is 192 cm³/mol. The lowest BCUT2D eigenvalue weighted by Gasteiger charge is -2.13. The summed E-state index contributed by atoms with van der Waals surface area (Å²) in [7, 11) is 0. The molecule has 0 aliphatic rings. The van der Waals surface area contributed by atoms with Crippen LogP contribution in [0.1, 0.15) is 0 Å². The molecule has 3 heterocycles. The summed E-state index contributed by atoms with van der Waals surface area (Å²) < 4.78 is 8.80. The van der Waals surface area contributed by atoms with E-state index in [9.17, 15) is 0 Å². The van der Waals surface area contributed by atoms with Crippen molar-refractivity contribution in [2.45, 2.75) is 0 Å². The Hall–Kier alpha value is -6.19. The maximum absolute atomic E-state index is 6.42. The molecular weight excluding hydrogens is 560 g/mol. The minimum Gasteiger partial charge on any atom is -0.455 e. The topological polar surface area (TPSA) is 31.0 Å². The minimum absolute atomic E-state index is 0.905. The zero-order valence-corrected chi connectivity index (χ0v) is 24.8. The van der Waals surface area contributed by atoms with Gasteiger partial charge in [0.2, 0.25) is 0 Å². The quantitative estimate of drug-likeness (QED) is 0.193. The van der Waals surface area contributed by atoms with Crippen molar-refractivity contribution in [1.29, 1.82) is 0 Å². The smallest absolute Gasteiger partial charge is 0.143 e. The van der Waals surface area contributed by atoms with Gasteiger partial charge in [0.05, 0.1) is 22.2 Å². The first-order valence-corrected chi connectivity index (χ1v) is 15.6. The minimum atomic E-state index is 0.905. The molecule has 0 bridgehead atoms. The number of para-hydroxylation sites is 5. The zero-order chi connectivity index (χ0) is 30.2. The van der Waals surface area contributed by atoms with Gasteiger partial charge in [-0.05, 0) is 48.0 Å². The van der Waals surface area contributed by atoms with Crippen LogP contribution in [-0.2, 0) is 0 Å². The molecule has 0 N–H and O–H groups in total. The van der Waals surface area contributed by atoms with Gasteiger partial charge in [0.15, 0.2) is 0 Å². The lowest BCUT2D eigenvalue weighted by Crippen LogP contribution is -1.94. The molecule has 0 fully saturated rings. The summed E-state index contributed by atoms with van der Waals surface area (Å²) in [5.41, 5.74) is 10.6. The number of benzene rings is 7. The Morgan fingerprint density at radius 2 is 1.17 bits per heavy atom. The van der Waals surface area contributed by atoms with Crippen LogP contribution in [0.25, 0.3) is 93.5 Å². The summed E-state index contributed by atoms with van der Waals surface area (Å²) >= 11 is 0. The molecule has 0 amide bonds. The van der Waals surface area contributed by atoms with Gasteiger partial charge in [0, 0.05) is 54.5 Å². The number of hydrogen-bond donors (Lipinski definition) is 0. The molecule has 7 aromatic carbocycles. The van der Waals surface area contributed by atoms with Gasteiger partial charge in [0.1, 0.15) is 11.2 Å². The maximum Gasteiger partial charge on any atom is 0.143 e. The van der Waals surface area contributed by atoms with Crippen LogP contribution in [0.2, 0.25) is 0 Å². The Bertz CT molecular complexity index is 2800. The Morgan fingerprint density at radius 3 is 2.09 bits per heavy atom. The van der Waals surface area contributed by atoms with Crippen molar-refractivity contribution in [3.63, 3.8) is 0 Å². The first-order chi connectivity index (χ1) is 22.8. The second-order valence-electron chi connectivity index (χ2n) is 11.9. The molecule has 0 radical (unpaired) electrons. The van der Waals surface area contributed by atoms with E-state index in [1.807, 2.05) is 12.1 Å². The fraction of sp³-hybridized carbons (Fsp3) is 0. The standard InChI is InChI=1S/C43H26N2O/c1-2-14-29(15-3-1)45-37-22-8-5-18-34(37)41-38(45)25-24-35-40(41)33-17-4-7-21-36(33)44-42(35)28-13-10-12-27(26-28)30-19-11-20-32-31-16-6-9-23-39(31)46-43(30)32/h1-26H. The van der Waals surface area contributed by atoms with Gasteiger partial charge < -0.3 is 8.98 Å². The lowest BCUT2D eigenvalue weighted by atomic mass is 9.94. The second kappa shape index (κ2) is 9.65. The summed E-state index contributed by atoms with van der Waals surface area (Å²) in [5, 5.41) is 8.28. The third-order valence-electron chi connectivity index (χ3n) is 9.36. The number of hydrogen-bond acceptors (Lipinski definition) is 2. The van der Waals surface area contributed by atoms with Gasteiger partial charge >= 0.3 is 0 Å². The molecule has 0 unspecified atom stereocenters. The highest BCUT2D eigenvalue weighted by Gasteiger charge is 2.20. The number of aromatic nitrogens is 2. The van der Waals surface area contributed by atoms with Gasteiger partial charge in [0.25, 0.3) is 0 Å². The molecule has 10 aromatic rings. The van der Waals surface area contributed by atoms with Crippen molar-refractivity contribution in [3.8, 4) is 28.1 Å². The number of pyridine rings is 1. The maximum atomic E-state index is 6.42. The number of rotatable bonds is 3. The Kier molecular flexibility index (Phi) is 5.28. The van der Waals surface area contributed by atoms with E-state index in [2.05, 4.69) is 150 Å². The highest BCUT2D eigenvalue weighted by Crippen LogP contribution is 2.43. The molecule has 10 rings (SSSR count). The highest BCUT2D eigenvalue weighted by atomic mass is 16.3. The molecular formula is C43H26N2O. The molecule has 3 heteroatoms. The van der Waals surface area contributed by atoms with Crippen molar-refractivity contribution >= 4 is 65.4 Å². The van der Waals surface area contributed by atoms with Gasteiger partial charge in [-0.15, -0.1) is 0 Å². The van der Waals surface area contributed by atoms with Crippen molar-refractivity contribution in [1.82, 2.24) is 9.55 Å². The zero-order valence-electron chi connectivity index (χ0n) is 24.8. The van der Waals surface area contributed by atoms with Crippen molar-refractivity contribution in [3.05, 3.63) is 158 Å². The fourth-order valence-corrected chi connectivity index (χ4v) is 7.38. The average Bonchev–Trinajstić information content (AvgIpc) is 3.68. The van der Waals surface area contributed by atoms with E-state index in [0.29, 0.717) is 0 Å². The molecule has 0 spiro atoms. The van der Waals surface area contributed by atoms with E-state index in [1.54, 1.807) is 0 Å². The molecule has 0 atom stereocenters. The van der Waals surface area contributed by atoms with Gasteiger partial charge in [-0.3, -0.25) is 0 Å². The summed E-state index contributed by atoms with van der Waals surface area (Å²) in [5.74, 6) is 0. The van der Waals surface area contributed by atoms with Crippen LogP contribution in [0.3, 0.4) is 0 Å². The summed E-state index contributed by atoms with van der Waals surface area (Å²) in [6, 6.07) is 55.9. The van der Waals surface area contributed by atoms with Crippen molar-refractivity contribution < 1.29 is 4.42 Å². The van der Waals surface area contributed by atoms with Crippen molar-refractivity contribution in [2.75, 3.05) is 0 Å². The molecule has 3 aromatic heterocycles. The number of fused-ring (bicyclic) bond motifs is 10. The van der Waals surface area contributed by atoms with Crippen LogP contribution in [0.4, 0.5) is 0 Å². The van der Waals surface area contributed by atoms with Crippen LogP contribution in [-0.4, -0.2) is 9.55 Å². The third-order valence-corrected chi connectivity index (χ3v) is 9.36. The van der Waals surface area contributed by atoms with E-state index >= 15 is 0 Å². The van der Waals surface area contributed by atoms with Gasteiger partial charge in [-0.2, -0.15) is 0 Å². The Morgan fingerprint density at radius 1 is 0.457 bits per heavy atom. The van der Waals surface area contributed by atoms with Crippen LogP contribution in [0, 0.1) is 0 Å². The van der Waals surface area contributed by atoms with E-state index in [4.69, 9.17) is 9.40 Å². The summed E-state index contributed by atoms with van der Waals surface area (Å²) in [4.78, 5) is 5.33. The molecule has 0 saturated heterocycles. The Labute approximate surface area is 264 Å². The molecule has 0 aliphatic carbocycles. The van der Waals surface area contributed by atoms with E-state index in [-0.39, 0.29) is 0 Å².